The van der Waals surface area contributed by atoms with E-state index in [0.717, 1.165) is 11.9 Å². The minimum Gasteiger partial charge on any atom is -0.359 e. The number of halogens is 2. The van der Waals surface area contributed by atoms with Gasteiger partial charge >= 0.3 is 0 Å². The van der Waals surface area contributed by atoms with Gasteiger partial charge in [0.05, 0.1) is 24.4 Å². The monoisotopic (exact) mass is 405 g/mol. The Bertz CT molecular complexity index is 963. The van der Waals surface area contributed by atoms with Gasteiger partial charge in [0.15, 0.2) is 5.82 Å². The van der Waals surface area contributed by atoms with Crippen molar-refractivity contribution in [3.8, 4) is 0 Å². The smallest absolute Gasteiger partial charge is 0.234 e. The van der Waals surface area contributed by atoms with Crippen molar-refractivity contribution < 1.29 is 9.18 Å². The zero-order valence-electron chi connectivity index (χ0n) is 15.0. The van der Waals surface area contributed by atoms with E-state index in [9.17, 15) is 9.18 Å². The second-order valence-corrected chi connectivity index (χ2v) is 6.13. The maximum atomic E-state index is 13.2. The van der Waals surface area contributed by atoms with Crippen LogP contribution < -0.4 is 16.0 Å². The molecule has 0 bridgehead atoms. The number of hydrogen-bond acceptors (Lipinski definition) is 8. The highest BCUT2D eigenvalue weighted by molar-refractivity contribution is 6.28. The van der Waals surface area contributed by atoms with Crippen molar-refractivity contribution in [2.75, 3.05) is 17.7 Å². The van der Waals surface area contributed by atoms with Crippen molar-refractivity contribution in [3.63, 3.8) is 0 Å². The number of amides is 1. The molecule has 0 aliphatic carbocycles. The standard InChI is InChI=1S/C16H17ClFN9O/c1-8-5-12(27-26-8)22-16-24-14(17)23-15(25-16)21-11(6-13(28)19-2)10-4-3-9(18)7-20-10/h3-5,7,11H,6H2,1-2H3,(H,19,28)(H3,21,22,23,24,25,26,27). The number of H-pyrrole nitrogens is 1. The van der Waals surface area contributed by atoms with Crippen LogP contribution in [-0.2, 0) is 4.79 Å². The second-order valence-electron chi connectivity index (χ2n) is 5.79. The minimum atomic E-state index is -0.612. The number of carbonyl (C=O) groups excluding carboxylic acids is 1. The van der Waals surface area contributed by atoms with Gasteiger partial charge in [0.2, 0.25) is 23.1 Å². The average molecular weight is 406 g/mol. The van der Waals surface area contributed by atoms with Gasteiger partial charge in [-0.1, -0.05) is 0 Å². The van der Waals surface area contributed by atoms with Crippen LogP contribution in [0.2, 0.25) is 5.28 Å². The van der Waals surface area contributed by atoms with E-state index in [2.05, 4.69) is 46.1 Å². The lowest BCUT2D eigenvalue weighted by molar-refractivity contribution is -0.120. The molecule has 3 aromatic rings. The van der Waals surface area contributed by atoms with Gasteiger partial charge in [-0.05, 0) is 30.7 Å². The fraction of sp³-hybridized carbons (Fsp3) is 0.250. The summed E-state index contributed by atoms with van der Waals surface area (Å²) < 4.78 is 13.2. The maximum Gasteiger partial charge on any atom is 0.234 e. The quantitative estimate of drug-likeness (QED) is 0.469. The molecule has 0 aromatic carbocycles. The zero-order chi connectivity index (χ0) is 20.1. The van der Waals surface area contributed by atoms with E-state index in [4.69, 9.17) is 11.6 Å². The molecule has 28 heavy (non-hydrogen) atoms. The Hall–Kier alpha value is -3.34. The van der Waals surface area contributed by atoms with Gasteiger partial charge in [0.25, 0.3) is 0 Å². The van der Waals surface area contributed by atoms with Gasteiger partial charge in [-0.25, -0.2) is 4.39 Å². The first-order valence-electron chi connectivity index (χ1n) is 8.22. The summed E-state index contributed by atoms with van der Waals surface area (Å²) in [4.78, 5) is 28.2. The van der Waals surface area contributed by atoms with Crippen LogP contribution in [0.4, 0.5) is 22.1 Å². The van der Waals surface area contributed by atoms with E-state index >= 15 is 0 Å². The van der Waals surface area contributed by atoms with E-state index in [1.54, 1.807) is 6.07 Å². The lowest BCUT2D eigenvalue weighted by Crippen LogP contribution is -2.25. The molecule has 3 rings (SSSR count). The number of carbonyl (C=O) groups is 1. The number of nitrogens with zero attached hydrogens (tertiary/aromatic N) is 5. The molecule has 4 N–H and O–H groups in total. The Kier molecular flexibility index (Phi) is 5.94. The largest absolute Gasteiger partial charge is 0.359 e. The van der Waals surface area contributed by atoms with Crippen molar-refractivity contribution in [1.29, 1.82) is 0 Å². The van der Waals surface area contributed by atoms with E-state index in [1.165, 1.54) is 19.2 Å². The summed E-state index contributed by atoms with van der Waals surface area (Å²) in [7, 11) is 1.52. The highest BCUT2D eigenvalue weighted by atomic mass is 35.5. The SMILES string of the molecule is CNC(=O)CC(Nc1nc(Cl)nc(Nc2cc(C)[nH]n2)n1)c1ccc(F)cn1. The molecule has 0 aliphatic rings. The molecule has 0 aliphatic heterocycles. The van der Waals surface area contributed by atoms with Crippen molar-refractivity contribution in [2.45, 2.75) is 19.4 Å². The first-order chi connectivity index (χ1) is 13.4. The third-order valence-electron chi connectivity index (χ3n) is 3.63. The summed E-state index contributed by atoms with van der Waals surface area (Å²) in [6.07, 6.45) is 1.10. The van der Waals surface area contributed by atoms with Crippen LogP contribution in [0.1, 0.15) is 23.9 Å². The number of aromatic nitrogens is 6. The first kappa shape index (κ1) is 19.4. The predicted molar refractivity (Wildman–Crippen MR) is 101 cm³/mol. The van der Waals surface area contributed by atoms with Crippen LogP contribution in [0.25, 0.3) is 0 Å². The Balaban J connectivity index is 1.84. The summed E-state index contributed by atoms with van der Waals surface area (Å²) in [5.74, 6) is 0.0722. The van der Waals surface area contributed by atoms with Crippen molar-refractivity contribution in [2.24, 2.45) is 0 Å². The van der Waals surface area contributed by atoms with Gasteiger partial charge in [0.1, 0.15) is 5.82 Å². The summed E-state index contributed by atoms with van der Waals surface area (Å²) >= 11 is 5.99. The zero-order valence-corrected chi connectivity index (χ0v) is 15.8. The molecular formula is C16H17ClFN9O. The topological polar surface area (TPSA) is 133 Å². The van der Waals surface area contributed by atoms with E-state index < -0.39 is 11.9 Å². The summed E-state index contributed by atoms with van der Waals surface area (Å²) in [5, 5.41) is 15.2. The number of aryl methyl sites for hydroxylation is 1. The average Bonchev–Trinajstić information content (AvgIpc) is 3.06. The third kappa shape index (κ3) is 5.10. The maximum absolute atomic E-state index is 13.2. The Morgan fingerprint density at radius 1 is 1.29 bits per heavy atom. The minimum absolute atomic E-state index is 0.0275. The van der Waals surface area contributed by atoms with Crippen molar-refractivity contribution in [1.82, 2.24) is 35.5 Å². The molecule has 0 saturated carbocycles. The number of anilines is 3. The van der Waals surface area contributed by atoms with Crippen molar-refractivity contribution in [3.05, 3.63) is 46.9 Å². The van der Waals surface area contributed by atoms with Crippen LogP contribution in [0.15, 0.2) is 24.4 Å². The number of rotatable bonds is 7. The number of pyridine rings is 1. The molecule has 1 atom stereocenters. The second kappa shape index (κ2) is 8.57. The molecule has 0 spiro atoms. The first-order valence-corrected chi connectivity index (χ1v) is 8.60. The third-order valence-corrected chi connectivity index (χ3v) is 3.80. The van der Waals surface area contributed by atoms with E-state index in [1.807, 2.05) is 6.92 Å². The molecule has 146 valence electrons. The van der Waals surface area contributed by atoms with Gasteiger partial charge in [-0.15, -0.1) is 0 Å². The van der Waals surface area contributed by atoms with Crippen LogP contribution in [0.3, 0.4) is 0 Å². The molecule has 0 radical (unpaired) electrons. The predicted octanol–water partition coefficient (Wildman–Crippen LogP) is 2.12. The normalized spacial score (nSPS) is 11.7. The van der Waals surface area contributed by atoms with Gasteiger partial charge in [-0.3, -0.25) is 14.9 Å². The molecular weight excluding hydrogens is 389 g/mol. The summed E-state index contributed by atoms with van der Waals surface area (Å²) in [6, 6.07) is 3.89. The molecule has 3 heterocycles. The molecule has 12 heteroatoms. The van der Waals surface area contributed by atoms with E-state index in [0.29, 0.717) is 11.5 Å². The van der Waals surface area contributed by atoms with Crippen LogP contribution in [0.5, 0.6) is 0 Å². The molecule has 0 fully saturated rings. The van der Waals surface area contributed by atoms with Gasteiger partial charge < -0.3 is 16.0 Å². The van der Waals surface area contributed by atoms with Gasteiger partial charge in [0, 0.05) is 18.8 Å². The summed E-state index contributed by atoms with van der Waals surface area (Å²) in [6.45, 7) is 1.85. The highest BCUT2D eigenvalue weighted by Crippen LogP contribution is 2.21. The Labute approximate surface area is 164 Å². The fourth-order valence-electron chi connectivity index (χ4n) is 2.33. The molecule has 0 saturated heterocycles. The molecule has 1 unspecified atom stereocenters. The number of aromatic amines is 1. The van der Waals surface area contributed by atoms with Crippen LogP contribution in [0, 0.1) is 12.7 Å². The Morgan fingerprint density at radius 2 is 2.07 bits per heavy atom. The van der Waals surface area contributed by atoms with Gasteiger partial charge in [-0.2, -0.15) is 20.1 Å². The number of nitrogens with one attached hydrogen (secondary N) is 4. The fourth-order valence-corrected chi connectivity index (χ4v) is 2.49. The van der Waals surface area contributed by atoms with Crippen LogP contribution in [-0.4, -0.2) is 43.1 Å². The van der Waals surface area contributed by atoms with Crippen LogP contribution >= 0.6 is 11.6 Å². The lowest BCUT2D eigenvalue weighted by atomic mass is 10.1. The Morgan fingerprint density at radius 3 is 2.71 bits per heavy atom. The molecule has 10 nitrogen and oxygen atoms in total. The highest BCUT2D eigenvalue weighted by Gasteiger charge is 2.19. The summed E-state index contributed by atoms with van der Waals surface area (Å²) in [5.41, 5.74) is 1.30. The van der Waals surface area contributed by atoms with E-state index in [-0.39, 0.29) is 29.5 Å². The molecule has 3 aromatic heterocycles. The molecule has 1 amide bonds. The lowest BCUT2D eigenvalue weighted by Gasteiger charge is -2.18. The number of hydrogen-bond donors (Lipinski definition) is 4. The van der Waals surface area contributed by atoms with Crippen molar-refractivity contribution >= 4 is 35.2 Å².